The molecule has 2 rings (SSSR count). The summed E-state index contributed by atoms with van der Waals surface area (Å²) in [7, 11) is 0. The van der Waals surface area contributed by atoms with E-state index in [1.807, 2.05) is 0 Å². The van der Waals surface area contributed by atoms with Crippen molar-refractivity contribution in [2.45, 2.75) is 71.1 Å². The fourth-order valence-corrected chi connectivity index (χ4v) is 3.07. The number of ether oxygens (including phenoxy) is 1. The first-order valence-electron chi connectivity index (χ1n) is 6.45. The molecule has 1 saturated heterocycles. The molecule has 3 atom stereocenters. The smallest absolute Gasteiger partial charge is 0.0561 e. The molecule has 0 aromatic heterocycles. The van der Waals surface area contributed by atoms with E-state index in [-0.39, 0.29) is 0 Å². The van der Waals surface area contributed by atoms with Crippen LogP contribution in [0.5, 0.6) is 0 Å². The Morgan fingerprint density at radius 1 is 1.27 bits per heavy atom. The van der Waals surface area contributed by atoms with Crippen molar-refractivity contribution in [3.63, 3.8) is 0 Å². The van der Waals surface area contributed by atoms with E-state index in [1.165, 1.54) is 32.1 Å². The second-order valence-corrected chi connectivity index (χ2v) is 6.00. The molecule has 0 bridgehead atoms. The van der Waals surface area contributed by atoms with Gasteiger partial charge < -0.3 is 10.1 Å². The number of nitrogens with one attached hydrogen (secondary N) is 1. The Balaban J connectivity index is 1.85. The predicted octanol–water partition coefficient (Wildman–Crippen LogP) is 2.72. The SMILES string of the molecule is CC1CC(NC2CCCC2(C)C)CCO1. The fourth-order valence-electron chi connectivity index (χ4n) is 3.07. The van der Waals surface area contributed by atoms with Crippen molar-refractivity contribution in [3.05, 3.63) is 0 Å². The second-order valence-electron chi connectivity index (χ2n) is 6.00. The fraction of sp³-hybridized carbons (Fsp3) is 1.00. The molecule has 0 radical (unpaired) electrons. The third-order valence-corrected chi connectivity index (χ3v) is 4.18. The van der Waals surface area contributed by atoms with Gasteiger partial charge in [0.25, 0.3) is 0 Å². The lowest BCUT2D eigenvalue weighted by atomic mass is 9.86. The standard InChI is InChI=1S/C13H25NO/c1-10-9-11(6-8-15-10)14-12-5-4-7-13(12,2)3/h10-12,14H,4-9H2,1-3H3. The zero-order valence-corrected chi connectivity index (χ0v) is 10.4. The largest absolute Gasteiger partial charge is 0.378 e. The van der Waals surface area contributed by atoms with Gasteiger partial charge in [0, 0.05) is 18.7 Å². The molecule has 2 aliphatic rings. The summed E-state index contributed by atoms with van der Waals surface area (Å²) in [6.07, 6.45) is 6.95. The highest BCUT2D eigenvalue weighted by atomic mass is 16.5. The van der Waals surface area contributed by atoms with Gasteiger partial charge in [-0.15, -0.1) is 0 Å². The monoisotopic (exact) mass is 211 g/mol. The lowest BCUT2D eigenvalue weighted by Crippen LogP contribution is -2.47. The molecule has 0 amide bonds. The quantitative estimate of drug-likeness (QED) is 0.758. The Bertz CT molecular complexity index is 215. The molecule has 1 aliphatic carbocycles. The highest BCUT2D eigenvalue weighted by Crippen LogP contribution is 2.37. The van der Waals surface area contributed by atoms with Crippen molar-refractivity contribution >= 4 is 0 Å². The van der Waals surface area contributed by atoms with E-state index in [4.69, 9.17) is 4.74 Å². The van der Waals surface area contributed by atoms with Crippen LogP contribution in [0.1, 0.15) is 52.9 Å². The zero-order chi connectivity index (χ0) is 10.9. The lowest BCUT2D eigenvalue weighted by Gasteiger charge is -2.35. The number of rotatable bonds is 2. The summed E-state index contributed by atoms with van der Waals surface area (Å²) in [5.41, 5.74) is 0.502. The van der Waals surface area contributed by atoms with Crippen LogP contribution in [-0.4, -0.2) is 24.8 Å². The number of hydrogen-bond acceptors (Lipinski definition) is 2. The van der Waals surface area contributed by atoms with Gasteiger partial charge in [-0.05, 0) is 38.0 Å². The molecular weight excluding hydrogens is 186 g/mol. The number of hydrogen-bond donors (Lipinski definition) is 1. The van der Waals surface area contributed by atoms with Crippen molar-refractivity contribution in [2.75, 3.05) is 6.61 Å². The summed E-state index contributed by atoms with van der Waals surface area (Å²) >= 11 is 0. The van der Waals surface area contributed by atoms with E-state index >= 15 is 0 Å². The molecule has 2 fully saturated rings. The van der Waals surface area contributed by atoms with Crippen LogP contribution in [-0.2, 0) is 4.74 Å². The Morgan fingerprint density at radius 2 is 2.07 bits per heavy atom. The van der Waals surface area contributed by atoms with E-state index in [1.54, 1.807) is 0 Å². The summed E-state index contributed by atoms with van der Waals surface area (Å²) in [6.45, 7) is 7.93. The van der Waals surface area contributed by atoms with Gasteiger partial charge in [0.2, 0.25) is 0 Å². The molecule has 2 nitrogen and oxygen atoms in total. The van der Waals surface area contributed by atoms with E-state index in [2.05, 4.69) is 26.1 Å². The average Bonchev–Trinajstić information content (AvgIpc) is 2.46. The molecule has 0 aromatic carbocycles. The zero-order valence-electron chi connectivity index (χ0n) is 10.4. The molecule has 2 heteroatoms. The Hall–Kier alpha value is -0.0800. The minimum atomic E-state index is 0.445. The molecule has 3 unspecified atom stereocenters. The molecule has 1 N–H and O–H groups in total. The van der Waals surface area contributed by atoms with Crippen LogP contribution in [0.3, 0.4) is 0 Å². The highest BCUT2D eigenvalue weighted by Gasteiger charge is 2.36. The minimum Gasteiger partial charge on any atom is -0.378 e. The topological polar surface area (TPSA) is 21.3 Å². The molecule has 15 heavy (non-hydrogen) atoms. The molecule has 0 spiro atoms. The average molecular weight is 211 g/mol. The lowest BCUT2D eigenvalue weighted by molar-refractivity contribution is 0.00872. The normalized spacial score (nSPS) is 40.6. The van der Waals surface area contributed by atoms with Crippen LogP contribution in [0.2, 0.25) is 0 Å². The summed E-state index contributed by atoms with van der Waals surface area (Å²) in [4.78, 5) is 0. The van der Waals surface area contributed by atoms with E-state index < -0.39 is 0 Å². The van der Waals surface area contributed by atoms with Crippen molar-refractivity contribution < 1.29 is 4.74 Å². The molecule has 1 saturated carbocycles. The van der Waals surface area contributed by atoms with E-state index in [9.17, 15) is 0 Å². The van der Waals surface area contributed by atoms with Gasteiger partial charge >= 0.3 is 0 Å². The first kappa shape index (κ1) is 11.4. The van der Waals surface area contributed by atoms with Gasteiger partial charge in [-0.3, -0.25) is 0 Å². The molecule has 0 aromatic rings. The maximum absolute atomic E-state index is 5.58. The second kappa shape index (κ2) is 4.42. The molecule has 1 aliphatic heterocycles. The third-order valence-electron chi connectivity index (χ3n) is 4.18. The Morgan fingerprint density at radius 3 is 2.67 bits per heavy atom. The summed E-state index contributed by atoms with van der Waals surface area (Å²) < 4.78 is 5.58. The summed E-state index contributed by atoms with van der Waals surface area (Å²) in [5, 5.41) is 3.86. The van der Waals surface area contributed by atoms with Crippen LogP contribution < -0.4 is 5.32 Å². The van der Waals surface area contributed by atoms with Crippen LogP contribution in [0.25, 0.3) is 0 Å². The van der Waals surface area contributed by atoms with E-state index in [0.29, 0.717) is 17.6 Å². The van der Waals surface area contributed by atoms with Crippen molar-refractivity contribution in [1.82, 2.24) is 5.32 Å². The Kier molecular flexibility index (Phi) is 3.36. The van der Waals surface area contributed by atoms with Gasteiger partial charge in [-0.1, -0.05) is 20.3 Å². The molecule has 1 heterocycles. The first-order chi connectivity index (χ1) is 7.08. The van der Waals surface area contributed by atoms with Gasteiger partial charge in [-0.2, -0.15) is 0 Å². The maximum atomic E-state index is 5.58. The van der Waals surface area contributed by atoms with Crippen molar-refractivity contribution in [3.8, 4) is 0 Å². The van der Waals surface area contributed by atoms with Crippen LogP contribution in [0.15, 0.2) is 0 Å². The predicted molar refractivity (Wildman–Crippen MR) is 63.0 cm³/mol. The van der Waals surface area contributed by atoms with Crippen LogP contribution in [0, 0.1) is 5.41 Å². The van der Waals surface area contributed by atoms with Gasteiger partial charge in [0.1, 0.15) is 0 Å². The van der Waals surface area contributed by atoms with Crippen LogP contribution in [0.4, 0.5) is 0 Å². The summed E-state index contributed by atoms with van der Waals surface area (Å²) in [5.74, 6) is 0. The molecule has 88 valence electrons. The first-order valence-corrected chi connectivity index (χ1v) is 6.45. The van der Waals surface area contributed by atoms with Crippen LogP contribution >= 0.6 is 0 Å². The maximum Gasteiger partial charge on any atom is 0.0561 e. The van der Waals surface area contributed by atoms with Crippen molar-refractivity contribution in [2.24, 2.45) is 5.41 Å². The third kappa shape index (κ3) is 2.73. The van der Waals surface area contributed by atoms with Gasteiger partial charge in [0.15, 0.2) is 0 Å². The Labute approximate surface area is 93.8 Å². The van der Waals surface area contributed by atoms with E-state index in [0.717, 1.165) is 12.6 Å². The van der Waals surface area contributed by atoms with Gasteiger partial charge in [-0.25, -0.2) is 0 Å². The van der Waals surface area contributed by atoms with Crippen molar-refractivity contribution in [1.29, 1.82) is 0 Å². The highest BCUT2D eigenvalue weighted by molar-refractivity contribution is 4.92. The molecular formula is C13H25NO. The van der Waals surface area contributed by atoms with Gasteiger partial charge in [0.05, 0.1) is 6.10 Å². The minimum absolute atomic E-state index is 0.445. The summed E-state index contributed by atoms with van der Waals surface area (Å²) in [6, 6.07) is 1.42.